The zero-order valence-electron chi connectivity index (χ0n) is 10.8. The summed E-state index contributed by atoms with van der Waals surface area (Å²) < 4.78 is 12.1. The molecule has 0 aliphatic carbocycles. The molecule has 0 bridgehead atoms. The van der Waals surface area contributed by atoms with Crippen molar-refractivity contribution >= 4 is 11.9 Å². The van der Waals surface area contributed by atoms with Crippen LogP contribution in [0.15, 0.2) is 33.6 Å². The van der Waals surface area contributed by atoms with Gasteiger partial charge >= 0.3 is 0 Å². The molecule has 3 aromatic rings. The second-order valence-electron chi connectivity index (χ2n) is 4.09. The first-order valence-corrected chi connectivity index (χ1v) is 5.81. The number of anilines is 1. The lowest BCUT2D eigenvalue weighted by molar-refractivity contribution is 0.102. The minimum absolute atomic E-state index is 0.126. The summed E-state index contributed by atoms with van der Waals surface area (Å²) in [6.07, 6.45) is 2.68. The van der Waals surface area contributed by atoms with E-state index >= 15 is 0 Å². The number of furan rings is 1. The van der Waals surface area contributed by atoms with E-state index in [1.807, 2.05) is 0 Å². The van der Waals surface area contributed by atoms with Gasteiger partial charge in [0.15, 0.2) is 17.8 Å². The third-order valence-electron chi connectivity index (χ3n) is 2.85. The molecule has 0 unspecified atom stereocenters. The third kappa shape index (κ3) is 1.96. The lowest BCUT2D eigenvalue weighted by atomic mass is 10.2. The van der Waals surface area contributed by atoms with Crippen molar-refractivity contribution in [3.8, 4) is 11.5 Å². The maximum atomic E-state index is 12.2. The van der Waals surface area contributed by atoms with Crippen LogP contribution < -0.4 is 5.32 Å². The molecule has 0 aliphatic heterocycles. The molecule has 0 aliphatic rings. The van der Waals surface area contributed by atoms with Crippen molar-refractivity contribution in [2.24, 2.45) is 7.05 Å². The Labute approximate surface area is 113 Å². The van der Waals surface area contributed by atoms with Crippen LogP contribution in [0.25, 0.3) is 11.5 Å². The zero-order chi connectivity index (χ0) is 14.1. The highest BCUT2D eigenvalue weighted by Crippen LogP contribution is 2.23. The number of rotatable bonds is 3. The van der Waals surface area contributed by atoms with E-state index in [4.69, 9.17) is 8.83 Å². The molecular formula is C12H11N5O3. The second kappa shape index (κ2) is 4.65. The van der Waals surface area contributed by atoms with E-state index in [1.165, 1.54) is 12.7 Å². The van der Waals surface area contributed by atoms with Crippen LogP contribution in [0.3, 0.4) is 0 Å². The number of oxazole rings is 1. The lowest BCUT2D eigenvalue weighted by Gasteiger charge is -2.03. The van der Waals surface area contributed by atoms with Crippen LogP contribution in [0, 0.1) is 6.92 Å². The van der Waals surface area contributed by atoms with Gasteiger partial charge in [0.25, 0.3) is 5.91 Å². The molecule has 8 heteroatoms. The molecule has 0 saturated heterocycles. The van der Waals surface area contributed by atoms with Crippen LogP contribution in [-0.2, 0) is 7.05 Å². The van der Waals surface area contributed by atoms with Gasteiger partial charge < -0.3 is 13.4 Å². The van der Waals surface area contributed by atoms with Gasteiger partial charge in [-0.25, -0.2) is 4.98 Å². The van der Waals surface area contributed by atoms with Crippen LogP contribution in [0.2, 0.25) is 0 Å². The fourth-order valence-corrected chi connectivity index (χ4v) is 1.67. The Morgan fingerprint density at radius 2 is 2.20 bits per heavy atom. The quantitative estimate of drug-likeness (QED) is 0.778. The standard InChI is InChI=1S/C12H11N5O3/c1-7-15-16-12(17(7)2)14-11(18)9-10(20-6-13-9)8-4-3-5-19-8/h3-6H,1-2H3,(H,14,16,18). The number of carbonyl (C=O) groups excluding carboxylic acids is 1. The molecule has 0 atom stereocenters. The van der Waals surface area contributed by atoms with Gasteiger partial charge in [-0.05, 0) is 19.1 Å². The summed E-state index contributed by atoms with van der Waals surface area (Å²) in [4.78, 5) is 16.1. The van der Waals surface area contributed by atoms with Gasteiger partial charge in [0.2, 0.25) is 11.7 Å². The Morgan fingerprint density at radius 1 is 1.35 bits per heavy atom. The molecule has 0 saturated carbocycles. The molecular weight excluding hydrogens is 262 g/mol. The molecule has 0 radical (unpaired) electrons. The van der Waals surface area contributed by atoms with Crippen molar-refractivity contribution in [2.75, 3.05) is 5.32 Å². The summed E-state index contributed by atoms with van der Waals surface area (Å²) in [6.45, 7) is 1.78. The number of carbonyl (C=O) groups is 1. The molecule has 1 N–H and O–H groups in total. The van der Waals surface area contributed by atoms with Crippen LogP contribution >= 0.6 is 0 Å². The van der Waals surface area contributed by atoms with Crippen molar-refractivity contribution in [3.63, 3.8) is 0 Å². The highest BCUT2D eigenvalue weighted by atomic mass is 16.4. The summed E-state index contributed by atoms with van der Waals surface area (Å²) in [5, 5.41) is 10.3. The average molecular weight is 273 g/mol. The van der Waals surface area contributed by atoms with Gasteiger partial charge in [-0.2, -0.15) is 0 Å². The third-order valence-corrected chi connectivity index (χ3v) is 2.85. The Bertz CT molecular complexity index is 741. The van der Waals surface area contributed by atoms with Crippen molar-refractivity contribution in [1.29, 1.82) is 0 Å². The van der Waals surface area contributed by atoms with Gasteiger partial charge in [0.1, 0.15) is 5.82 Å². The predicted molar refractivity (Wildman–Crippen MR) is 67.9 cm³/mol. The number of hydrogen-bond acceptors (Lipinski definition) is 6. The number of aryl methyl sites for hydroxylation is 1. The van der Waals surface area contributed by atoms with E-state index < -0.39 is 5.91 Å². The van der Waals surface area contributed by atoms with Gasteiger partial charge in [-0.1, -0.05) is 0 Å². The second-order valence-corrected chi connectivity index (χ2v) is 4.09. The summed E-state index contributed by atoms with van der Waals surface area (Å²) in [6, 6.07) is 3.38. The maximum absolute atomic E-state index is 12.2. The minimum atomic E-state index is -0.444. The highest BCUT2D eigenvalue weighted by Gasteiger charge is 2.21. The van der Waals surface area contributed by atoms with Crippen LogP contribution in [0.1, 0.15) is 16.3 Å². The molecule has 20 heavy (non-hydrogen) atoms. The van der Waals surface area contributed by atoms with Crippen LogP contribution in [0.4, 0.5) is 5.95 Å². The molecule has 3 aromatic heterocycles. The van der Waals surface area contributed by atoms with Gasteiger partial charge in [0, 0.05) is 7.05 Å². The van der Waals surface area contributed by atoms with E-state index in [0.29, 0.717) is 17.5 Å². The average Bonchev–Trinajstić information content (AvgIpc) is 3.14. The lowest BCUT2D eigenvalue weighted by Crippen LogP contribution is -2.16. The van der Waals surface area contributed by atoms with E-state index in [9.17, 15) is 4.79 Å². The summed E-state index contributed by atoms with van der Waals surface area (Å²) in [5.41, 5.74) is 0.126. The van der Waals surface area contributed by atoms with Crippen molar-refractivity contribution < 1.29 is 13.6 Å². The molecule has 3 rings (SSSR count). The van der Waals surface area contributed by atoms with E-state index in [0.717, 1.165) is 0 Å². The number of hydrogen-bond donors (Lipinski definition) is 1. The molecule has 0 spiro atoms. The molecule has 0 fully saturated rings. The highest BCUT2D eigenvalue weighted by molar-refractivity contribution is 6.05. The first kappa shape index (κ1) is 12.2. The molecule has 3 heterocycles. The summed E-state index contributed by atoms with van der Waals surface area (Å²) in [7, 11) is 1.75. The SMILES string of the molecule is Cc1nnc(NC(=O)c2ncoc2-c2ccco2)n1C. The van der Waals surface area contributed by atoms with Gasteiger partial charge in [-0.3, -0.25) is 10.1 Å². The Kier molecular flexibility index (Phi) is 2.82. The normalized spacial score (nSPS) is 10.7. The Balaban J connectivity index is 1.89. The Morgan fingerprint density at radius 3 is 2.85 bits per heavy atom. The van der Waals surface area contributed by atoms with Gasteiger partial charge in [-0.15, -0.1) is 10.2 Å². The Hall–Kier alpha value is -2.90. The minimum Gasteiger partial charge on any atom is -0.461 e. The summed E-state index contributed by atoms with van der Waals surface area (Å²) >= 11 is 0. The van der Waals surface area contributed by atoms with E-state index in [1.54, 1.807) is 30.7 Å². The number of nitrogens with one attached hydrogen (secondary N) is 1. The first-order valence-electron chi connectivity index (χ1n) is 5.81. The van der Waals surface area contributed by atoms with E-state index in [2.05, 4.69) is 20.5 Å². The predicted octanol–water partition coefficient (Wildman–Crippen LogP) is 1.62. The number of nitrogens with zero attached hydrogens (tertiary/aromatic N) is 4. The van der Waals surface area contributed by atoms with Crippen molar-refractivity contribution in [3.05, 3.63) is 36.3 Å². The fourth-order valence-electron chi connectivity index (χ4n) is 1.67. The van der Waals surface area contributed by atoms with Crippen LogP contribution in [-0.4, -0.2) is 25.7 Å². The van der Waals surface area contributed by atoms with E-state index in [-0.39, 0.29) is 11.5 Å². The maximum Gasteiger partial charge on any atom is 0.280 e. The molecule has 8 nitrogen and oxygen atoms in total. The largest absolute Gasteiger partial charge is 0.461 e. The van der Waals surface area contributed by atoms with Gasteiger partial charge in [0.05, 0.1) is 6.26 Å². The fraction of sp³-hybridized carbons (Fsp3) is 0.167. The number of amides is 1. The van der Waals surface area contributed by atoms with Crippen LogP contribution in [0.5, 0.6) is 0 Å². The first-order chi connectivity index (χ1) is 9.66. The van der Waals surface area contributed by atoms with Crippen molar-refractivity contribution in [2.45, 2.75) is 6.92 Å². The summed E-state index contributed by atoms with van der Waals surface area (Å²) in [5.74, 6) is 1.28. The molecule has 0 aromatic carbocycles. The molecule has 102 valence electrons. The topological polar surface area (TPSA) is 99.0 Å². The van der Waals surface area contributed by atoms with Crippen molar-refractivity contribution in [1.82, 2.24) is 19.7 Å². The smallest absolute Gasteiger partial charge is 0.280 e. The zero-order valence-corrected chi connectivity index (χ0v) is 10.8. The monoisotopic (exact) mass is 273 g/mol. The molecule has 1 amide bonds. The number of aromatic nitrogens is 4.